The molecule has 0 aromatic heterocycles. The van der Waals surface area contributed by atoms with E-state index < -0.39 is 11.9 Å². The van der Waals surface area contributed by atoms with Gasteiger partial charge in [0.25, 0.3) is 5.92 Å². The summed E-state index contributed by atoms with van der Waals surface area (Å²) in [5.41, 5.74) is 0.632. The lowest BCUT2D eigenvalue weighted by Crippen LogP contribution is -2.16. The van der Waals surface area contributed by atoms with Gasteiger partial charge in [0, 0.05) is 18.4 Å². The lowest BCUT2D eigenvalue weighted by atomic mass is 9.92. The molecule has 0 bridgehead atoms. The average molecular weight is 292 g/mol. The molecule has 0 atom stereocenters. The lowest BCUT2D eigenvalue weighted by Gasteiger charge is -2.21. The van der Waals surface area contributed by atoms with Crippen LogP contribution >= 0.6 is 0 Å². The molecule has 0 heterocycles. The van der Waals surface area contributed by atoms with Crippen LogP contribution in [0.2, 0.25) is 0 Å². The quantitative estimate of drug-likeness (QED) is 0.770. The minimum absolute atomic E-state index is 0.0649. The lowest BCUT2D eigenvalue weighted by molar-refractivity contribution is -0.137. The van der Waals surface area contributed by atoms with E-state index in [0.717, 1.165) is 5.39 Å². The van der Waals surface area contributed by atoms with Crippen molar-refractivity contribution in [1.29, 1.82) is 0 Å². The molecule has 0 radical (unpaired) electrons. The topological polar surface area (TPSA) is 37.3 Å². The number of carbonyl (C=O) groups is 1. The van der Waals surface area contributed by atoms with Gasteiger partial charge >= 0.3 is 5.97 Å². The predicted molar refractivity (Wildman–Crippen MR) is 78.7 cm³/mol. The van der Waals surface area contributed by atoms with Gasteiger partial charge in [0.05, 0.1) is 0 Å². The Morgan fingerprint density at radius 2 is 1.86 bits per heavy atom. The summed E-state index contributed by atoms with van der Waals surface area (Å²) in [5.74, 6) is -3.89. The molecular weight excluding hydrogens is 274 g/mol. The molecule has 0 aliphatic heterocycles. The third-order valence-electron chi connectivity index (χ3n) is 3.63. The molecule has 0 amide bonds. The highest BCUT2D eigenvalue weighted by molar-refractivity contribution is 5.87. The number of halogens is 2. The van der Waals surface area contributed by atoms with Crippen LogP contribution in [0.25, 0.3) is 10.8 Å². The molecule has 21 heavy (non-hydrogen) atoms. The first-order valence-electron chi connectivity index (χ1n) is 7.00. The highest BCUT2D eigenvalue weighted by atomic mass is 19.3. The number of unbranched alkanes of at least 4 members (excludes halogenated alkanes) is 1. The molecule has 2 rings (SSSR count). The van der Waals surface area contributed by atoms with E-state index in [1.807, 2.05) is 18.2 Å². The fourth-order valence-electron chi connectivity index (χ4n) is 2.61. The van der Waals surface area contributed by atoms with E-state index in [1.54, 1.807) is 25.1 Å². The van der Waals surface area contributed by atoms with Crippen molar-refractivity contribution in [2.45, 2.75) is 38.5 Å². The van der Waals surface area contributed by atoms with Crippen molar-refractivity contribution < 1.29 is 18.7 Å². The van der Waals surface area contributed by atoms with Crippen LogP contribution in [0.5, 0.6) is 0 Å². The number of carboxylic acid groups (broad SMARTS) is 1. The monoisotopic (exact) mass is 292 g/mol. The van der Waals surface area contributed by atoms with E-state index in [9.17, 15) is 13.6 Å². The largest absolute Gasteiger partial charge is 0.481 e. The number of carboxylic acids is 1. The standard InChI is InChI=1S/C17H18F2O2/c1-12-9-10-13-6-2-3-7-14(13)16(12)17(18,19)11-5-4-8-15(20)21/h2-3,6-7,9-10H,4-5,8,11H2,1H3,(H,20,21). The Balaban J connectivity index is 2.26. The molecule has 0 aliphatic carbocycles. The molecule has 0 spiro atoms. The minimum atomic E-state index is -2.94. The Hall–Kier alpha value is -1.97. The molecule has 4 heteroatoms. The summed E-state index contributed by atoms with van der Waals surface area (Å²) in [6.07, 6.45) is 0.0798. The molecule has 1 N–H and O–H groups in total. The number of hydrogen-bond donors (Lipinski definition) is 1. The van der Waals surface area contributed by atoms with Gasteiger partial charge in [-0.1, -0.05) is 36.4 Å². The van der Waals surface area contributed by atoms with Crippen molar-refractivity contribution in [2.75, 3.05) is 0 Å². The number of benzene rings is 2. The smallest absolute Gasteiger partial charge is 0.303 e. The van der Waals surface area contributed by atoms with Gasteiger partial charge in [-0.3, -0.25) is 4.79 Å². The van der Waals surface area contributed by atoms with E-state index in [0.29, 0.717) is 10.9 Å². The number of rotatable bonds is 6. The molecular formula is C17H18F2O2. The Morgan fingerprint density at radius 3 is 2.57 bits per heavy atom. The fourth-order valence-corrected chi connectivity index (χ4v) is 2.61. The molecule has 2 aromatic rings. The normalized spacial score (nSPS) is 11.8. The van der Waals surface area contributed by atoms with Gasteiger partial charge in [-0.25, -0.2) is 8.78 Å². The second-order valence-corrected chi connectivity index (χ2v) is 5.28. The van der Waals surface area contributed by atoms with Crippen molar-refractivity contribution in [3.63, 3.8) is 0 Å². The molecule has 0 saturated carbocycles. The third-order valence-corrected chi connectivity index (χ3v) is 3.63. The van der Waals surface area contributed by atoms with Crippen LogP contribution in [-0.4, -0.2) is 11.1 Å². The first kappa shape index (κ1) is 15.4. The molecule has 2 nitrogen and oxygen atoms in total. The maximum absolute atomic E-state index is 14.5. The maximum Gasteiger partial charge on any atom is 0.303 e. The van der Waals surface area contributed by atoms with E-state index >= 15 is 0 Å². The van der Waals surface area contributed by atoms with Gasteiger partial charge in [0.1, 0.15) is 0 Å². The first-order valence-corrected chi connectivity index (χ1v) is 7.00. The second kappa shape index (κ2) is 6.20. The van der Waals surface area contributed by atoms with E-state index in [4.69, 9.17) is 5.11 Å². The Labute approximate surface area is 122 Å². The van der Waals surface area contributed by atoms with Gasteiger partial charge in [-0.2, -0.15) is 0 Å². The summed E-state index contributed by atoms with van der Waals surface area (Å²) in [5, 5.41) is 9.92. The second-order valence-electron chi connectivity index (χ2n) is 5.28. The van der Waals surface area contributed by atoms with Crippen LogP contribution in [0.1, 0.15) is 36.8 Å². The van der Waals surface area contributed by atoms with Crippen molar-refractivity contribution in [1.82, 2.24) is 0 Å². The van der Waals surface area contributed by atoms with Crippen LogP contribution in [-0.2, 0) is 10.7 Å². The van der Waals surface area contributed by atoms with Crippen molar-refractivity contribution in [3.8, 4) is 0 Å². The molecule has 112 valence electrons. The molecule has 0 saturated heterocycles. The predicted octanol–water partition coefficient (Wildman–Crippen LogP) is 4.89. The van der Waals surface area contributed by atoms with Crippen molar-refractivity contribution in [3.05, 3.63) is 47.5 Å². The summed E-state index contributed by atoms with van der Waals surface area (Å²) in [6.45, 7) is 1.69. The Bertz CT molecular complexity index is 650. The van der Waals surface area contributed by atoms with Crippen LogP contribution in [0.3, 0.4) is 0 Å². The van der Waals surface area contributed by atoms with Gasteiger partial charge in [0.2, 0.25) is 0 Å². The molecule has 0 aliphatic rings. The SMILES string of the molecule is Cc1ccc2ccccc2c1C(F)(F)CCCCC(=O)O. The van der Waals surface area contributed by atoms with Gasteiger partial charge in [-0.05, 0) is 36.1 Å². The van der Waals surface area contributed by atoms with Gasteiger partial charge < -0.3 is 5.11 Å². The Kier molecular flexibility index (Phi) is 4.56. The minimum Gasteiger partial charge on any atom is -0.481 e. The summed E-state index contributed by atoms with van der Waals surface area (Å²) in [4.78, 5) is 10.4. The van der Waals surface area contributed by atoms with Crippen LogP contribution < -0.4 is 0 Å². The van der Waals surface area contributed by atoms with Gasteiger partial charge in [0.15, 0.2) is 0 Å². The third kappa shape index (κ3) is 3.57. The number of aryl methyl sites for hydroxylation is 1. The summed E-state index contributed by atoms with van der Waals surface area (Å²) < 4.78 is 29.0. The van der Waals surface area contributed by atoms with Gasteiger partial charge in [-0.15, -0.1) is 0 Å². The maximum atomic E-state index is 14.5. The summed E-state index contributed by atoms with van der Waals surface area (Å²) in [6, 6.07) is 10.7. The number of fused-ring (bicyclic) bond motifs is 1. The molecule has 0 fully saturated rings. The van der Waals surface area contributed by atoms with Crippen molar-refractivity contribution >= 4 is 16.7 Å². The van der Waals surface area contributed by atoms with Crippen LogP contribution in [0.15, 0.2) is 36.4 Å². The highest BCUT2D eigenvalue weighted by Gasteiger charge is 2.34. The fraction of sp³-hybridized carbons (Fsp3) is 0.353. The first-order chi connectivity index (χ1) is 9.92. The van der Waals surface area contributed by atoms with E-state index in [-0.39, 0.29) is 31.2 Å². The number of hydrogen-bond acceptors (Lipinski definition) is 1. The summed E-state index contributed by atoms with van der Waals surface area (Å²) >= 11 is 0. The highest BCUT2D eigenvalue weighted by Crippen LogP contribution is 2.39. The Morgan fingerprint density at radius 1 is 1.14 bits per heavy atom. The van der Waals surface area contributed by atoms with Crippen LogP contribution in [0.4, 0.5) is 8.78 Å². The average Bonchev–Trinajstić information content (AvgIpc) is 2.43. The van der Waals surface area contributed by atoms with Crippen molar-refractivity contribution in [2.24, 2.45) is 0 Å². The molecule has 0 unspecified atom stereocenters. The van der Waals surface area contributed by atoms with E-state index in [1.165, 1.54) is 0 Å². The zero-order valence-corrected chi connectivity index (χ0v) is 11.9. The zero-order chi connectivity index (χ0) is 15.5. The van der Waals surface area contributed by atoms with Crippen LogP contribution in [0, 0.1) is 6.92 Å². The zero-order valence-electron chi connectivity index (χ0n) is 11.9. The number of aliphatic carboxylic acids is 1. The van der Waals surface area contributed by atoms with E-state index in [2.05, 4.69) is 0 Å². The summed E-state index contributed by atoms with van der Waals surface area (Å²) in [7, 11) is 0. The molecule has 2 aromatic carbocycles. The number of alkyl halides is 2.